The van der Waals surface area contributed by atoms with E-state index in [9.17, 15) is 0 Å². The second-order valence-electron chi connectivity index (χ2n) is 2.58. The van der Waals surface area contributed by atoms with E-state index < -0.39 is 0 Å². The van der Waals surface area contributed by atoms with Crippen molar-refractivity contribution < 1.29 is 9.47 Å². The van der Waals surface area contributed by atoms with Crippen molar-refractivity contribution in [3.05, 3.63) is 22.2 Å². The summed E-state index contributed by atoms with van der Waals surface area (Å²) >= 11 is 11.8. The number of benzene rings is 1. The molecule has 0 aromatic heterocycles. The highest BCUT2D eigenvalue weighted by atomic mass is 35.5. The molecule has 0 saturated heterocycles. The number of hydrogen-bond donors (Lipinski definition) is 1. The smallest absolute Gasteiger partial charge is 0.160 e. The summed E-state index contributed by atoms with van der Waals surface area (Å²) in [7, 11) is 3.14. The molecule has 1 rings (SSSR count). The Hall–Kier alpha value is -0.640. The maximum absolute atomic E-state index is 5.92. The first kappa shape index (κ1) is 11.4. The molecule has 0 aliphatic rings. The van der Waals surface area contributed by atoms with Gasteiger partial charge in [-0.3, -0.25) is 0 Å². The molecule has 0 fully saturated rings. The van der Waals surface area contributed by atoms with E-state index in [-0.39, 0.29) is 0 Å². The van der Waals surface area contributed by atoms with Gasteiger partial charge in [0, 0.05) is 12.1 Å². The highest BCUT2D eigenvalue weighted by Gasteiger charge is 2.08. The lowest BCUT2D eigenvalue weighted by molar-refractivity contribution is 0.221. The van der Waals surface area contributed by atoms with Gasteiger partial charge in [0.1, 0.15) is 6.73 Å². The first-order chi connectivity index (χ1) is 6.69. The van der Waals surface area contributed by atoms with Gasteiger partial charge in [-0.2, -0.15) is 0 Å². The summed E-state index contributed by atoms with van der Waals surface area (Å²) in [6.45, 7) is 0.368. The Kier molecular flexibility index (Phi) is 4.32. The summed E-state index contributed by atoms with van der Waals surface area (Å²) in [5, 5.41) is 4.00. The van der Waals surface area contributed by atoms with Crippen molar-refractivity contribution >= 4 is 28.9 Å². The molecule has 0 atom stereocenters. The SMILES string of the molecule is COCNc1cc(Cl)cc(Cl)c1OC. The van der Waals surface area contributed by atoms with Crippen LogP contribution in [0, 0.1) is 0 Å². The van der Waals surface area contributed by atoms with Crippen molar-refractivity contribution in [3.8, 4) is 5.75 Å². The van der Waals surface area contributed by atoms with E-state index in [1.54, 1.807) is 26.4 Å². The molecule has 0 saturated carbocycles. The van der Waals surface area contributed by atoms with Gasteiger partial charge in [0.15, 0.2) is 5.75 Å². The number of methoxy groups -OCH3 is 2. The zero-order valence-corrected chi connectivity index (χ0v) is 9.45. The fourth-order valence-electron chi connectivity index (χ4n) is 1.05. The van der Waals surface area contributed by atoms with Crippen LogP contribution in [0.4, 0.5) is 5.69 Å². The monoisotopic (exact) mass is 235 g/mol. The lowest BCUT2D eigenvalue weighted by Crippen LogP contribution is -2.04. The van der Waals surface area contributed by atoms with Crippen LogP contribution in [0.1, 0.15) is 0 Å². The molecule has 1 N–H and O–H groups in total. The zero-order chi connectivity index (χ0) is 10.6. The molecule has 0 heterocycles. The largest absolute Gasteiger partial charge is 0.493 e. The Balaban J connectivity index is 2.99. The second-order valence-corrected chi connectivity index (χ2v) is 3.42. The van der Waals surface area contributed by atoms with E-state index in [1.807, 2.05) is 0 Å². The highest BCUT2D eigenvalue weighted by molar-refractivity contribution is 6.36. The zero-order valence-electron chi connectivity index (χ0n) is 7.93. The van der Waals surface area contributed by atoms with Crippen LogP contribution in [0.2, 0.25) is 10.0 Å². The van der Waals surface area contributed by atoms with Crippen LogP contribution < -0.4 is 10.1 Å². The molecule has 3 nitrogen and oxygen atoms in total. The van der Waals surface area contributed by atoms with Crippen molar-refractivity contribution in [3.63, 3.8) is 0 Å². The Bertz CT molecular complexity index is 318. The Morgan fingerprint density at radius 1 is 1.29 bits per heavy atom. The number of nitrogens with one attached hydrogen (secondary N) is 1. The number of anilines is 1. The third-order valence-electron chi connectivity index (χ3n) is 1.62. The Morgan fingerprint density at radius 2 is 2.00 bits per heavy atom. The van der Waals surface area contributed by atoms with Gasteiger partial charge < -0.3 is 14.8 Å². The van der Waals surface area contributed by atoms with Crippen LogP contribution in [0.5, 0.6) is 5.75 Å². The second kappa shape index (κ2) is 5.29. The number of ether oxygens (including phenoxy) is 2. The van der Waals surface area contributed by atoms with E-state index in [0.29, 0.717) is 28.2 Å². The van der Waals surface area contributed by atoms with Crippen LogP contribution in [0.3, 0.4) is 0 Å². The van der Waals surface area contributed by atoms with Crippen molar-refractivity contribution in [2.45, 2.75) is 0 Å². The Morgan fingerprint density at radius 3 is 2.57 bits per heavy atom. The predicted molar refractivity (Wildman–Crippen MR) is 58.5 cm³/mol. The molecule has 0 amide bonds. The fraction of sp³-hybridized carbons (Fsp3) is 0.333. The average Bonchev–Trinajstić information content (AvgIpc) is 2.14. The Labute approximate surface area is 92.9 Å². The van der Waals surface area contributed by atoms with Crippen molar-refractivity contribution in [1.29, 1.82) is 0 Å². The number of halogens is 2. The number of hydrogen-bond acceptors (Lipinski definition) is 3. The molecule has 0 spiro atoms. The minimum absolute atomic E-state index is 0.368. The van der Waals surface area contributed by atoms with Gasteiger partial charge in [-0.1, -0.05) is 23.2 Å². The molecule has 1 aromatic rings. The summed E-state index contributed by atoms with van der Waals surface area (Å²) in [4.78, 5) is 0. The van der Waals surface area contributed by atoms with E-state index in [4.69, 9.17) is 32.7 Å². The van der Waals surface area contributed by atoms with Gasteiger partial charge in [-0.25, -0.2) is 0 Å². The summed E-state index contributed by atoms with van der Waals surface area (Å²) in [5.74, 6) is 0.563. The molecule has 14 heavy (non-hydrogen) atoms. The fourth-order valence-corrected chi connectivity index (χ4v) is 1.62. The van der Waals surface area contributed by atoms with Crippen molar-refractivity contribution in [1.82, 2.24) is 0 Å². The van der Waals surface area contributed by atoms with E-state index in [0.717, 1.165) is 0 Å². The minimum atomic E-state index is 0.368. The maximum atomic E-state index is 5.92. The third kappa shape index (κ3) is 2.67. The normalized spacial score (nSPS) is 10.0. The molecule has 0 aliphatic heterocycles. The van der Waals surface area contributed by atoms with Gasteiger partial charge in [-0.15, -0.1) is 0 Å². The highest BCUT2D eigenvalue weighted by Crippen LogP contribution is 2.35. The van der Waals surface area contributed by atoms with Gasteiger partial charge in [0.05, 0.1) is 17.8 Å². The van der Waals surface area contributed by atoms with Crippen LogP contribution in [0.15, 0.2) is 12.1 Å². The van der Waals surface area contributed by atoms with Gasteiger partial charge in [0.25, 0.3) is 0 Å². The van der Waals surface area contributed by atoms with Gasteiger partial charge in [-0.05, 0) is 12.1 Å². The minimum Gasteiger partial charge on any atom is -0.493 e. The molecule has 0 bridgehead atoms. The molecule has 0 unspecified atom stereocenters. The summed E-state index contributed by atoms with van der Waals surface area (Å²) in [6, 6.07) is 3.35. The summed E-state index contributed by atoms with van der Waals surface area (Å²) < 4.78 is 9.99. The summed E-state index contributed by atoms with van der Waals surface area (Å²) in [5.41, 5.74) is 0.715. The molecular formula is C9H11Cl2NO2. The standard InChI is InChI=1S/C9H11Cl2NO2/c1-13-5-12-8-4-6(10)3-7(11)9(8)14-2/h3-4,12H,5H2,1-2H3. The van der Waals surface area contributed by atoms with Gasteiger partial charge in [0.2, 0.25) is 0 Å². The molecule has 0 aliphatic carbocycles. The molecule has 0 radical (unpaired) electrons. The lowest BCUT2D eigenvalue weighted by Gasteiger charge is -2.12. The lowest BCUT2D eigenvalue weighted by atomic mass is 10.3. The van der Waals surface area contributed by atoms with Crippen LogP contribution in [0.25, 0.3) is 0 Å². The average molecular weight is 236 g/mol. The predicted octanol–water partition coefficient (Wildman–Crippen LogP) is 3.02. The molecule has 5 heteroatoms. The first-order valence-electron chi connectivity index (χ1n) is 3.95. The molecular weight excluding hydrogens is 225 g/mol. The maximum Gasteiger partial charge on any atom is 0.160 e. The molecule has 78 valence electrons. The van der Waals surface area contributed by atoms with E-state index in [2.05, 4.69) is 5.32 Å². The van der Waals surface area contributed by atoms with Crippen LogP contribution in [-0.2, 0) is 4.74 Å². The van der Waals surface area contributed by atoms with E-state index in [1.165, 1.54) is 0 Å². The van der Waals surface area contributed by atoms with Crippen LogP contribution >= 0.6 is 23.2 Å². The molecule has 1 aromatic carbocycles. The first-order valence-corrected chi connectivity index (χ1v) is 4.70. The third-order valence-corrected chi connectivity index (χ3v) is 2.12. The number of rotatable bonds is 4. The van der Waals surface area contributed by atoms with Gasteiger partial charge >= 0.3 is 0 Å². The van der Waals surface area contributed by atoms with E-state index >= 15 is 0 Å². The quantitative estimate of drug-likeness (QED) is 0.815. The van der Waals surface area contributed by atoms with Crippen molar-refractivity contribution in [2.75, 3.05) is 26.3 Å². The van der Waals surface area contributed by atoms with Crippen LogP contribution in [-0.4, -0.2) is 21.0 Å². The summed E-state index contributed by atoms with van der Waals surface area (Å²) in [6.07, 6.45) is 0. The topological polar surface area (TPSA) is 30.5 Å². The van der Waals surface area contributed by atoms with Crippen molar-refractivity contribution in [2.24, 2.45) is 0 Å².